The van der Waals surface area contributed by atoms with E-state index in [1.54, 1.807) is 0 Å². The van der Waals surface area contributed by atoms with Crippen molar-refractivity contribution < 1.29 is 33.8 Å². The predicted molar refractivity (Wildman–Crippen MR) is 84.6 cm³/mol. The molecule has 9 heteroatoms. The number of aliphatic carboxylic acids is 2. The Bertz CT molecular complexity index is 699. The second-order valence-corrected chi connectivity index (χ2v) is 5.09. The van der Waals surface area contributed by atoms with Crippen LogP contribution in [0.1, 0.15) is 25.3 Å². The van der Waals surface area contributed by atoms with Crippen molar-refractivity contribution in [1.29, 1.82) is 0 Å². The summed E-state index contributed by atoms with van der Waals surface area (Å²) in [7, 11) is 0. The molecule has 0 bridgehead atoms. The molecule has 0 radical (unpaired) electrons. The van der Waals surface area contributed by atoms with Crippen LogP contribution in [0.2, 0.25) is 0 Å². The van der Waals surface area contributed by atoms with Gasteiger partial charge in [-0.15, -0.1) is 0 Å². The Kier molecular flexibility index (Phi) is 7.26. The fraction of sp³-hybridized carbons (Fsp3) is 0.250. The SMILES string of the molecule is CC(=O)N/C(=C\c1ccc(F)cc1)C(=O)N[C@H](CCC(=O)O)C(=O)O. The molecule has 4 N–H and O–H groups in total. The molecule has 1 aromatic rings. The number of amides is 2. The lowest BCUT2D eigenvalue weighted by atomic mass is 10.1. The zero-order valence-corrected chi connectivity index (χ0v) is 13.3. The van der Waals surface area contributed by atoms with E-state index in [1.165, 1.54) is 18.2 Å². The van der Waals surface area contributed by atoms with Gasteiger partial charge in [0.1, 0.15) is 17.6 Å². The molecule has 25 heavy (non-hydrogen) atoms. The number of hydrogen-bond acceptors (Lipinski definition) is 4. The molecule has 0 spiro atoms. The van der Waals surface area contributed by atoms with Crippen LogP contribution >= 0.6 is 0 Å². The molecule has 8 nitrogen and oxygen atoms in total. The van der Waals surface area contributed by atoms with E-state index in [9.17, 15) is 23.6 Å². The first-order valence-electron chi connectivity index (χ1n) is 7.19. The summed E-state index contributed by atoms with van der Waals surface area (Å²) < 4.78 is 12.9. The van der Waals surface area contributed by atoms with Crippen molar-refractivity contribution >= 4 is 29.8 Å². The van der Waals surface area contributed by atoms with Crippen LogP contribution in [0.15, 0.2) is 30.0 Å². The summed E-state index contributed by atoms with van der Waals surface area (Å²) in [5.41, 5.74) is 0.151. The van der Waals surface area contributed by atoms with Crippen molar-refractivity contribution in [2.45, 2.75) is 25.8 Å². The maximum absolute atomic E-state index is 12.9. The molecular weight excluding hydrogens is 335 g/mol. The highest BCUT2D eigenvalue weighted by molar-refractivity contribution is 6.02. The van der Waals surface area contributed by atoms with Crippen LogP contribution in [0, 0.1) is 5.82 Å². The summed E-state index contributed by atoms with van der Waals surface area (Å²) >= 11 is 0. The van der Waals surface area contributed by atoms with Crippen LogP contribution in [0.4, 0.5) is 4.39 Å². The van der Waals surface area contributed by atoms with Crippen LogP contribution in [0.25, 0.3) is 6.08 Å². The monoisotopic (exact) mass is 352 g/mol. The third-order valence-corrected chi connectivity index (χ3v) is 2.99. The molecule has 0 fully saturated rings. The minimum Gasteiger partial charge on any atom is -0.481 e. The van der Waals surface area contributed by atoms with Gasteiger partial charge in [-0.2, -0.15) is 0 Å². The summed E-state index contributed by atoms with van der Waals surface area (Å²) in [6, 6.07) is 3.60. The van der Waals surface area contributed by atoms with E-state index in [2.05, 4.69) is 10.6 Å². The van der Waals surface area contributed by atoms with E-state index in [0.717, 1.165) is 19.1 Å². The number of carboxylic acids is 2. The smallest absolute Gasteiger partial charge is 0.326 e. The van der Waals surface area contributed by atoms with E-state index in [-0.39, 0.29) is 12.1 Å². The number of benzene rings is 1. The van der Waals surface area contributed by atoms with E-state index in [4.69, 9.17) is 10.2 Å². The average molecular weight is 352 g/mol. The van der Waals surface area contributed by atoms with E-state index in [1.807, 2.05) is 0 Å². The Morgan fingerprint density at radius 2 is 1.76 bits per heavy atom. The number of nitrogens with one attached hydrogen (secondary N) is 2. The Morgan fingerprint density at radius 1 is 1.16 bits per heavy atom. The van der Waals surface area contributed by atoms with E-state index in [0.29, 0.717) is 5.56 Å². The zero-order valence-electron chi connectivity index (χ0n) is 13.3. The van der Waals surface area contributed by atoms with Gasteiger partial charge in [-0.1, -0.05) is 12.1 Å². The molecule has 0 saturated carbocycles. The van der Waals surface area contributed by atoms with Gasteiger partial charge in [-0.3, -0.25) is 14.4 Å². The average Bonchev–Trinajstić information content (AvgIpc) is 2.51. The second-order valence-electron chi connectivity index (χ2n) is 5.09. The number of carboxylic acid groups (broad SMARTS) is 2. The van der Waals surface area contributed by atoms with E-state index >= 15 is 0 Å². The fourth-order valence-electron chi connectivity index (χ4n) is 1.83. The van der Waals surface area contributed by atoms with Crippen LogP contribution in [0.3, 0.4) is 0 Å². The van der Waals surface area contributed by atoms with Crippen LogP contribution < -0.4 is 10.6 Å². The van der Waals surface area contributed by atoms with Gasteiger partial charge in [0.05, 0.1) is 0 Å². The first-order chi connectivity index (χ1) is 11.7. The van der Waals surface area contributed by atoms with Gasteiger partial charge >= 0.3 is 11.9 Å². The summed E-state index contributed by atoms with van der Waals surface area (Å²) in [4.78, 5) is 45.2. The molecule has 1 aromatic carbocycles. The van der Waals surface area contributed by atoms with Crippen LogP contribution in [-0.4, -0.2) is 40.0 Å². The van der Waals surface area contributed by atoms with Crippen LogP contribution in [-0.2, 0) is 19.2 Å². The molecule has 0 aromatic heterocycles. The first-order valence-corrected chi connectivity index (χ1v) is 7.19. The lowest BCUT2D eigenvalue weighted by Gasteiger charge is -2.15. The number of carbonyl (C=O) groups excluding carboxylic acids is 2. The van der Waals surface area contributed by atoms with Gasteiger partial charge in [0.15, 0.2) is 0 Å². The Labute approximate surface area is 142 Å². The van der Waals surface area contributed by atoms with Gasteiger partial charge in [-0.05, 0) is 30.2 Å². The lowest BCUT2D eigenvalue weighted by Crippen LogP contribution is -2.44. The van der Waals surface area contributed by atoms with Gasteiger partial charge in [0.2, 0.25) is 5.91 Å². The fourth-order valence-corrected chi connectivity index (χ4v) is 1.83. The first kappa shape index (κ1) is 19.8. The molecule has 0 saturated heterocycles. The summed E-state index contributed by atoms with van der Waals surface area (Å²) in [6.45, 7) is 1.16. The minimum absolute atomic E-state index is 0.249. The van der Waals surface area contributed by atoms with Crippen LogP contribution in [0.5, 0.6) is 0 Å². The number of carbonyl (C=O) groups is 4. The number of rotatable bonds is 8. The largest absolute Gasteiger partial charge is 0.481 e. The normalized spacial score (nSPS) is 12.2. The molecule has 0 heterocycles. The zero-order chi connectivity index (χ0) is 19.0. The predicted octanol–water partition coefficient (Wildman–Crippen LogP) is 0.737. The Balaban J connectivity index is 2.98. The van der Waals surface area contributed by atoms with Gasteiger partial charge in [0.25, 0.3) is 5.91 Å². The van der Waals surface area contributed by atoms with Crippen molar-refractivity contribution in [2.75, 3.05) is 0 Å². The van der Waals surface area contributed by atoms with E-state index < -0.39 is 42.0 Å². The summed E-state index contributed by atoms with van der Waals surface area (Å²) in [5, 5.41) is 22.1. The Hall–Kier alpha value is -3.23. The number of hydrogen-bond donors (Lipinski definition) is 4. The minimum atomic E-state index is -1.44. The molecule has 0 unspecified atom stereocenters. The highest BCUT2D eigenvalue weighted by Crippen LogP contribution is 2.08. The summed E-state index contributed by atoms with van der Waals surface area (Å²) in [6.07, 6.45) is 0.473. The molecule has 1 atom stereocenters. The number of halogens is 1. The lowest BCUT2D eigenvalue weighted by molar-refractivity contribution is -0.142. The molecule has 1 rings (SSSR count). The Morgan fingerprint density at radius 3 is 2.24 bits per heavy atom. The van der Waals surface area contributed by atoms with Crippen molar-refractivity contribution in [2.24, 2.45) is 0 Å². The third kappa shape index (κ3) is 7.25. The van der Waals surface area contributed by atoms with Crippen molar-refractivity contribution in [3.05, 3.63) is 41.3 Å². The maximum Gasteiger partial charge on any atom is 0.326 e. The van der Waals surface area contributed by atoms with Crippen molar-refractivity contribution in [1.82, 2.24) is 10.6 Å². The maximum atomic E-state index is 12.9. The third-order valence-electron chi connectivity index (χ3n) is 2.99. The van der Waals surface area contributed by atoms with Gasteiger partial charge in [-0.25, -0.2) is 9.18 Å². The molecular formula is C16H17FN2O6. The molecule has 2 amide bonds. The second kappa shape index (κ2) is 9.16. The molecule has 134 valence electrons. The summed E-state index contributed by atoms with van der Waals surface area (Å²) in [5.74, 6) is -4.57. The van der Waals surface area contributed by atoms with Crippen molar-refractivity contribution in [3.8, 4) is 0 Å². The quantitative estimate of drug-likeness (QED) is 0.510. The van der Waals surface area contributed by atoms with Gasteiger partial charge < -0.3 is 20.8 Å². The molecule has 0 aliphatic rings. The highest BCUT2D eigenvalue weighted by Gasteiger charge is 2.23. The standard InChI is InChI=1S/C16H17FN2O6/c1-9(20)18-13(8-10-2-4-11(17)5-3-10)15(23)19-12(16(24)25)6-7-14(21)22/h2-5,8,12H,6-7H2,1H3,(H,18,20)(H,19,23)(H,21,22)(H,24,25)/b13-8-/t12-/m1/s1. The highest BCUT2D eigenvalue weighted by atomic mass is 19.1. The van der Waals surface area contributed by atoms with Crippen molar-refractivity contribution in [3.63, 3.8) is 0 Å². The molecule has 0 aliphatic heterocycles. The van der Waals surface area contributed by atoms with Gasteiger partial charge in [0, 0.05) is 13.3 Å². The topological polar surface area (TPSA) is 133 Å². The molecule has 0 aliphatic carbocycles.